The van der Waals surface area contributed by atoms with Gasteiger partial charge in [-0.2, -0.15) is 0 Å². The molecule has 12 rings (SSSR count). The molecule has 2 heterocycles. The number of rotatable bonds is 6. The summed E-state index contributed by atoms with van der Waals surface area (Å²) in [5.41, 5.74) is 16.2. The van der Waals surface area contributed by atoms with Crippen LogP contribution in [0.2, 0.25) is 0 Å². The topological polar surface area (TPSA) is 25.6 Å². The highest BCUT2D eigenvalue weighted by Gasteiger charge is 2.54. The van der Waals surface area contributed by atoms with E-state index in [2.05, 4.69) is 211 Å². The molecule has 1 atom stereocenters. The largest absolute Gasteiger partial charge is 0.455 e. The molecule has 0 radical (unpaired) electrons. The highest BCUT2D eigenvalue weighted by molar-refractivity contribution is 5.95. The molecular weight excluding hydrogens is 731 g/mol. The van der Waals surface area contributed by atoms with Crippen LogP contribution in [0.1, 0.15) is 22.5 Å². The summed E-state index contributed by atoms with van der Waals surface area (Å²) >= 11 is 0. The Labute approximate surface area is 349 Å². The number of furan rings is 1. The van der Waals surface area contributed by atoms with Crippen molar-refractivity contribution in [3.05, 3.63) is 247 Å². The fourth-order valence-electron chi connectivity index (χ4n) is 9.63. The van der Waals surface area contributed by atoms with Gasteiger partial charge in [0.1, 0.15) is 16.7 Å². The number of para-hydroxylation sites is 2. The van der Waals surface area contributed by atoms with E-state index in [0.717, 1.165) is 56.4 Å². The summed E-state index contributed by atoms with van der Waals surface area (Å²) in [6.07, 6.45) is 0. The zero-order chi connectivity index (χ0) is 39.6. The van der Waals surface area contributed by atoms with Crippen molar-refractivity contribution in [2.75, 3.05) is 4.90 Å². The lowest BCUT2D eigenvalue weighted by Crippen LogP contribution is -2.31. The van der Waals surface area contributed by atoms with Crippen LogP contribution in [0.15, 0.2) is 229 Å². The van der Waals surface area contributed by atoms with Gasteiger partial charge in [-0.05, 0) is 116 Å². The molecule has 10 aromatic rings. The van der Waals surface area contributed by atoms with E-state index in [1.165, 1.54) is 50.1 Å². The normalized spacial score (nSPS) is 14.5. The van der Waals surface area contributed by atoms with Crippen molar-refractivity contribution in [1.82, 2.24) is 0 Å². The predicted octanol–water partition coefficient (Wildman–Crippen LogP) is 15.4. The second-order valence-corrected chi connectivity index (χ2v) is 15.6. The standard InChI is InChI=1S/C57H37NO2/c1-3-15-38(16-4-1)41-19-13-20-42(35-41)40-29-31-44(32-30-40)58(45-22-14-21-43(36-45)39-17-5-2-6-18-39)46-33-34-51-49(37-46)47-23-7-9-25-50(47)57(51)52-26-10-12-28-54(52)59-55-48-24-8-11-27-53(48)60-56(55)57/h1-37H. The molecule has 0 amide bonds. The molecule has 0 N–H and O–H groups in total. The first kappa shape index (κ1) is 34.2. The molecule has 1 spiro atoms. The van der Waals surface area contributed by atoms with Gasteiger partial charge in [0.15, 0.2) is 11.5 Å². The van der Waals surface area contributed by atoms with E-state index in [1.54, 1.807) is 0 Å². The molecule has 0 fully saturated rings. The van der Waals surface area contributed by atoms with E-state index < -0.39 is 5.41 Å². The summed E-state index contributed by atoms with van der Waals surface area (Å²) in [5.74, 6) is 2.45. The summed E-state index contributed by atoms with van der Waals surface area (Å²) < 4.78 is 13.7. The molecule has 0 saturated carbocycles. The maximum Gasteiger partial charge on any atom is 0.178 e. The highest BCUT2D eigenvalue weighted by Crippen LogP contribution is 2.64. The van der Waals surface area contributed by atoms with Crippen LogP contribution in [0.5, 0.6) is 11.5 Å². The number of ether oxygens (including phenoxy) is 1. The molecule has 1 aromatic heterocycles. The summed E-state index contributed by atoms with van der Waals surface area (Å²) in [6, 6.07) is 80.2. The summed E-state index contributed by atoms with van der Waals surface area (Å²) in [5, 5.41) is 0.976. The lowest BCUT2D eigenvalue weighted by atomic mass is 9.69. The van der Waals surface area contributed by atoms with Gasteiger partial charge in [-0.15, -0.1) is 0 Å². The Morgan fingerprint density at radius 1 is 0.350 bits per heavy atom. The lowest BCUT2D eigenvalue weighted by molar-refractivity contribution is 0.389. The highest BCUT2D eigenvalue weighted by atomic mass is 16.5. The van der Waals surface area contributed by atoms with Gasteiger partial charge >= 0.3 is 0 Å². The molecule has 1 aliphatic heterocycles. The quantitative estimate of drug-likeness (QED) is 0.168. The van der Waals surface area contributed by atoms with Gasteiger partial charge in [0.25, 0.3) is 0 Å². The zero-order valence-electron chi connectivity index (χ0n) is 32.6. The molecule has 2 aliphatic rings. The third kappa shape index (κ3) is 5.23. The van der Waals surface area contributed by atoms with Crippen LogP contribution in [-0.4, -0.2) is 0 Å². The molecule has 0 bridgehead atoms. The zero-order valence-corrected chi connectivity index (χ0v) is 32.6. The Kier molecular flexibility index (Phi) is 7.76. The molecule has 282 valence electrons. The van der Waals surface area contributed by atoms with E-state index in [4.69, 9.17) is 9.15 Å². The minimum Gasteiger partial charge on any atom is -0.455 e. The van der Waals surface area contributed by atoms with E-state index in [0.29, 0.717) is 0 Å². The molecule has 9 aromatic carbocycles. The first-order valence-electron chi connectivity index (χ1n) is 20.5. The van der Waals surface area contributed by atoms with Crippen molar-refractivity contribution in [3.8, 4) is 56.0 Å². The van der Waals surface area contributed by atoms with Crippen LogP contribution >= 0.6 is 0 Å². The van der Waals surface area contributed by atoms with Crippen molar-refractivity contribution >= 4 is 28.0 Å². The Bertz CT molecular complexity index is 3240. The Hall–Kier alpha value is -7.88. The van der Waals surface area contributed by atoms with Crippen molar-refractivity contribution in [2.45, 2.75) is 5.41 Å². The van der Waals surface area contributed by atoms with Crippen molar-refractivity contribution in [1.29, 1.82) is 0 Å². The van der Waals surface area contributed by atoms with Crippen LogP contribution < -0.4 is 9.64 Å². The summed E-state index contributed by atoms with van der Waals surface area (Å²) in [7, 11) is 0. The van der Waals surface area contributed by atoms with Crippen molar-refractivity contribution in [3.63, 3.8) is 0 Å². The van der Waals surface area contributed by atoms with Crippen LogP contribution in [0, 0.1) is 0 Å². The lowest BCUT2D eigenvalue weighted by Gasteiger charge is -2.36. The average Bonchev–Trinajstić information content (AvgIpc) is 3.84. The van der Waals surface area contributed by atoms with Gasteiger partial charge in [-0.3, -0.25) is 0 Å². The minimum atomic E-state index is -0.707. The van der Waals surface area contributed by atoms with Crippen LogP contribution in [0.4, 0.5) is 17.1 Å². The van der Waals surface area contributed by atoms with E-state index in [1.807, 2.05) is 18.2 Å². The van der Waals surface area contributed by atoms with Crippen LogP contribution in [-0.2, 0) is 5.41 Å². The molecule has 3 nitrogen and oxygen atoms in total. The fourth-order valence-corrected chi connectivity index (χ4v) is 9.63. The van der Waals surface area contributed by atoms with Gasteiger partial charge in [-0.1, -0.05) is 164 Å². The molecule has 1 unspecified atom stereocenters. The van der Waals surface area contributed by atoms with E-state index in [9.17, 15) is 0 Å². The van der Waals surface area contributed by atoms with Crippen LogP contribution in [0.3, 0.4) is 0 Å². The summed E-state index contributed by atoms with van der Waals surface area (Å²) in [4.78, 5) is 2.38. The van der Waals surface area contributed by atoms with Gasteiger partial charge in [0.05, 0.1) is 5.39 Å². The number of hydrogen-bond donors (Lipinski definition) is 0. The SMILES string of the molecule is c1ccc(-c2cccc(-c3ccc(N(c4cccc(-c5ccccc5)c4)c4ccc5c(c4)-c4ccccc4C54c5ccccc5Oc5c4oc4ccccc54)cc3)c2)cc1. The average molecular weight is 768 g/mol. The maximum atomic E-state index is 6.92. The first-order valence-corrected chi connectivity index (χ1v) is 20.5. The predicted molar refractivity (Wildman–Crippen MR) is 245 cm³/mol. The van der Waals surface area contributed by atoms with Gasteiger partial charge in [-0.25, -0.2) is 0 Å². The number of benzene rings is 9. The van der Waals surface area contributed by atoms with E-state index >= 15 is 0 Å². The van der Waals surface area contributed by atoms with Gasteiger partial charge in [0.2, 0.25) is 0 Å². The number of nitrogens with zero attached hydrogens (tertiary/aromatic N) is 1. The van der Waals surface area contributed by atoms with Crippen LogP contribution in [0.25, 0.3) is 55.5 Å². The fraction of sp³-hybridized carbons (Fsp3) is 0.0175. The monoisotopic (exact) mass is 767 g/mol. The second kappa shape index (κ2) is 13.6. The van der Waals surface area contributed by atoms with Gasteiger partial charge in [0, 0.05) is 22.6 Å². The first-order chi connectivity index (χ1) is 29.7. The number of anilines is 3. The maximum absolute atomic E-state index is 6.92. The molecule has 60 heavy (non-hydrogen) atoms. The second-order valence-electron chi connectivity index (χ2n) is 15.6. The molecule has 1 aliphatic carbocycles. The Balaban J connectivity index is 1.04. The van der Waals surface area contributed by atoms with Crippen molar-refractivity contribution < 1.29 is 9.15 Å². The number of fused-ring (bicyclic) bond motifs is 11. The number of hydrogen-bond acceptors (Lipinski definition) is 3. The molecule has 3 heteroatoms. The molecular formula is C57H37NO2. The minimum absolute atomic E-state index is 0.707. The Morgan fingerprint density at radius 2 is 0.900 bits per heavy atom. The summed E-state index contributed by atoms with van der Waals surface area (Å²) in [6.45, 7) is 0. The third-order valence-corrected chi connectivity index (χ3v) is 12.3. The van der Waals surface area contributed by atoms with Gasteiger partial charge < -0.3 is 14.1 Å². The Morgan fingerprint density at radius 3 is 1.67 bits per heavy atom. The molecule has 0 saturated heterocycles. The van der Waals surface area contributed by atoms with E-state index in [-0.39, 0.29) is 0 Å². The third-order valence-electron chi connectivity index (χ3n) is 12.3. The smallest absolute Gasteiger partial charge is 0.178 e. The van der Waals surface area contributed by atoms with Crippen molar-refractivity contribution in [2.24, 2.45) is 0 Å².